The van der Waals surface area contributed by atoms with Gasteiger partial charge in [0.25, 0.3) is 5.56 Å². The highest BCUT2D eigenvalue weighted by molar-refractivity contribution is 7.99. The molecule has 1 heterocycles. The van der Waals surface area contributed by atoms with Gasteiger partial charge >= 0.3 is 0 Å². The van der Waals surface area contributed by atoms with Crippen molar-refractivity contribution in [1.82, 2.24) is 14.9 Å². The number of carbonyl (C=O) groups excluding carboxylic acids is 1. The van der Waals surface area contributed by atoms with Crippen molar-refractivity contribution in [1.29, 1.82) is 0 Å². The number of nitrogens with one attached hydrogen (secondary N) is 1. The molecule has 0 saturated carbocycles. The number of ether oxygens (including phenoxy) is 1. The molecule has 3 aromatic rings. The van der Waals surface area contributed by atoms with Crippen molar-refractivity contribution >= 4 is 28.6 Å². The van der Waals surface area contributed by atoms with E-state index in [9.17, 15) is 9.59 Å². The molecule has 1 aromatic heterocycles. The van der Waals surface area contributed by atoms with Gasteiger partial charge in [-0.2, -0.15) is 0 Å². The highest BCUT2D eigenvalue weighted by Crippen LogP contribution is 2.27. The maximum Gasteiger partial charge on any atom is 0.266 e. The fraction of sp³-hybridized carbons (Fsp3) is 0.348. The van der Waals surface area contributed by atoms with Crippen molar-refractivity contribution in [3.63, 3.8) is 0 Å². The molecule has 0 radical (unpaired) electrons. The van der Waals surface area contributed by atoms with Gasteiger partial charge in [0, 0.05) is 6.04 Å². The molecule has 30 heavy (non-hydrogen) atoms. The third-order valence-corrected chi connectivity index (χ3v) is 5.81. The Morgan fingerprint density at radius 3 is 2.57 bits per heavy atom. The summed E-state index contributed by atoms with van der Waals surface area (Å²) in [5, 5.41) is 3.97. The number of hydrogen-bond donors (Lipinski definition) is 1. The van der Waals surface area contributed by atoms with E-state index in [1.165, 1.54) is 16.3 Å². The Morgan fingerprint density at radius 2 is 1.83 bits per heavy atom. The minimum Gasteiger partial charge on any atom is -0.492 e. The van der Waals surface area contributed by atoms with Crippen LogP contribution in [0.3, 0.4) is 0 Å². The summed E-state index contributed by atoms with van der Waals surface area (Å²) in [7, 11) is 0. The largest absolute Gasteiger partial charge is 0.492 e. The molecule has 2 aromatic carbocycles. The molecule has 6 nitrogen and oxygen atoms in total. The molecule has 3 rings (SSSR count). The summed E-state index contributed by atoms with van der Waals surface area (Å²) >= 11 is 1.24. The average molecular weight is 426 g/mol. The van der Waals surface area contributed by atoms with Gasteiger partial charge in [0.1, 0.15) is 5.75 Å². The van der Waals surface area contributed by atoms with E-state index >= 15 is 0 Å². The highest BCUT2D eigenvalue weighted by atomic mass is 32.2. The number of benzene rings is 2. The van der Waals surface area contributed by atoms with Crippen molar-refractivity contribution in [3.05, 3.63) is 58.9 Å². The molecule has 158 valence electrons. The van der Waals surface area contributed by atoms with E-state index in [-0.39, 0.29) is 23.3 Å². The number of hydrogen-bond acceptors (Lipinski definition) is 5. The lowest BCUT2D eigenvalue weighted by Gasteiger charge is -2.18. The van der Waals surface area contributed by atoms with Crippen LogP contribution in [0, 0.1) is 5.92 Å². The van der Waals surface area contributed by atoms with E-state index in [1.54, 1.807) is 12.1 Å². The standard InChI is InChI=1S/C23H27N3O3S/c1-5-29-20-13-9-8-12-19(20)26-22(28)17-10-6-7-11-18(17)25-23(26)30-14-21(27)24-16(4)15(2)3/h6-13,15-16H,5,14H2,1-4H3,(H,24,27)/t16-/m1/s1. The number of thioether (sulfide) groups is 1. The Bertz CT molecular complexity index is 1090. The lowest BCUT2D eigenvalue weighted by atomic mass is 10.1. The minimum atomic E-state index is -0.189. The molecule has 1 atom stereocenters. The summed E-state index contributed by atoms with van der Waals surface area (Å²) in [5.41, 5.74) is 1.03. The van der Waals surface area contributed by atoms with Gasteiger partial charge < -0.3 is 10.1 Å². The zero-order chi connectivity index (χ0) is 21.7. The molecule has 0 bridgehead atoms. The predicted molar refractivity (Wildman–Crippen MR) is 122 cm³/mol. The molecule has 0 aliphatic heterocycles. The van der Waals surface area contributed by atoms with Gasteiger partial charge in [0.15, 0.2) is 5.16 Å². The van der Waals surface area contributed by atoms with Crippen LogP contribution in [0.5, 0.6) is 5.75 Å². The Hall–Kier alpha value is -2.80. The first-order valence-electron chi connectivity index (χ1n) is 10.1. The second kappa shape index (κ2) is 9.80. The number of nitrogens with zero attached hydrogens (tertiary/aromatic N) is 2. The lowest BCUT2D eigenvalue weighted by molar-refractivity contribution is -0.119. The van der Waals surface area contributed by atoms with Crippen molar-refractivity contribution in [2.24, 2.45) is 5.92 Å². The Morgan fingerprint density at radius 1 is 1.13 bits per heavy atom. The van der Waals surface area contributed by atoms with Crippen LogP contribution in [0.25, 0.3) is 16.6 Å². The smallest absolute Gasteiger partial charge is 0.266 e. The molecule has 0 fully saturated rings. The Kier molecular flexibility index (Phi) is 7.15. The first-order chi connectivity index (χ1) is 14.4. The molecule has 1 N–H and O–H groups in total. The average Bonchev–Trinajstić information content (AvgIpc) is 2.73. The third-order valence-electron chi connectivity index (χ3n) is 4.87. The third kappa shape index (κ3) is 4.84. The van der Waals surface area contributed by atoms with E-state index in [1.807, 2.05) is 50.2 Å². The van der Waals surface area contributed by atoms with Gasteiger partial charge in [0.2, 0.25) is 5.91 Å². The first-order valence-corrected chi connectivity index (χ1v) is 11.1. The fourth-order valence-corrected chi connectivity index (χ4v) is 3.75. The van der Waals surface area contributed by atoms with Crippen molar-refractivity contribution < 1.29 is 9.53 Å². The maximum atomic E-state index is 13.4. The minimum absolute atomic E-state index is 0.0727. The van der Waals surface area contributed by atoms with Crippen LogP contribution in [0.1, 0.15) is 27.7 Å². The molecule has 0 spiro atoms. The maximum absolute atomic E-state index is 13.4. The normalized spacial score (nSPS) is 12.2. The summed E-state index contributed by atoms with van der Waals surface area (Å²) in [6, 6.07) is 14.7. The number of para-hydroxylation sites is 3. The number of aromatic nitrogens is 2. The molecule has 0 aliphatic rings. The summed E-state index contributed by atoms with van der Waals surface area (Å²) < 4.78 is 7.28. The van der Waals surface area contributed by atoms with Gasteiger partial charge in [-0.15, -0.1) is 0 Å². The van der Waals surface area contributed by atoms with E-state index in [2.05, 4.69) is 19.2 Å². The molecular weight excluding hydrogens is 398 g/mol. The summed E-state index contributed by atoms with van der Waals surface area (Å²) in [5.74, 6) is 1.01. The zero-order valence-corrected chi connectivity index (χ0v) is 18.5. The summed E-state index contributed by atoms with van der Waals surface area (Å²) in [4.78, 5) is 30.5. The van der Waals surface area contributed by atoms with E-state index < -0.39 is 0 Å². The lowest BCUT2D eigenvalue weighted by Crippen LogP contribution is -2.37. The molecule has 0 aliphatic carbocycles. The van der Waals surface area contributed by atoms with Gasteiger partial charge in [-0.3, -0.25) is 14.2 Å². The van der Waals surface area contributed by atoms with Crippen LogP contribution in [-0.4, -0.2) is 33.9 Å². The SMILES string of the molecule is CCOc1ccccc1-n1c(SCC(=O)N[C@H](C)C(C)C)nc2ccccc2c1=O. The van der Waals surface area contributed by atoms with Crippen LogP contribution in [0.15, 0.2) is 58.5 Å². The van der Waals surface area contributed by atoms with E-state index in [0.29, 0.717) is 40.0 Å². The zero-order valence-electron chi connectivity index (χ0n) is 17.7. The number of rotatable bonds is 8. The molecule has 0 saturated heterocycles. The van der Waals surface area contributed by atoms with Crippen LogP contribution in [0.2, 0.25) is 0 Å². The van der Waals surface area contributed by atoms with Crippen LogP contribution >= 0.6 is 11.8 Å². The Labute approximate surface area is 180 Å². The van der Waals surface area contributed by atoms with Crippen LogP contribution < -0.4 is 15.6 Å². The number of carbonyl (C=O) groups is 1. The molecule has 0 unspecified atom stereocenters. The van der Waals surface area contributed by atoms with Crippen LogP contribution in [0.4, 0.5) is 0 Å². The van der Waals surface area contributed by atoms with Crippen molar-refractivity contribution in [2.45, 2.75) is 38.9 Å². The topological polar surface area (TPSA) is 73.2 Å². The Balaban J connectivity index is 2.04. The molecular formula is C23H27N3O3S. The highest BCUT2D eigenvalue weighted by Gasteiger charge is 2.18. The summed E-state index contributed by atoms with van der Waals surface area (Å²) in [6.45, 7) is 8.48. The van der Waals surface area contributed by atoms with Crippen LogP contribution in [-0.2, 0) is 4.79 Å². The van der Waals surface area contributed by atoms with Gasteiger partial charge in [-0.05, 0) is 44.0 Å². The fourth-order valence-electron chi connectivity index (χ4n) is 2.93. The molecule has 1 amide bonds. The second-order valence-corrected chi connectivity index (χ2v) is 8.28. The number of fused-ring (bicyclic) bond motifs is 1. The monoisotopic (exact) mass is 425 g/mol. The van der Waals surface area contributed by atoms with Gasteiger partial charge in [0.05, 0.1) is 29.0 Å². The second-order valence-electron chi connectivity index (χ2n) is 7.34. The summed E-state index contributed by atoms with van der Waals surface area (Å²) in [6.07, 6.45) is 0. The van der Waals surface area contributed by atoms with E-state index in [4.69, 9.17) is 9.72 Å². The first kappa shape index (κ1) is 21.9. The van der Waals surface area contributed by atoms with Crippen molar-refractivity contribution in [2.75, 3.05) is 12.4 Å². The quantitative estimate of drug-likeness (QED) is 0.436. The predicted octanol–water partition coefficient (Wildman–Crippen LogP) is 4.04. The van der Waals surface area contributed by atoms with Crippen molar-refractivity contribution in [3.8, 4) is 11.4 Å². The molecule has 7 heteroatoms. The van der Waals surface area contributed by atoms with Gasteiger partial charge in [-0.1, -0.05) is 49.9 Å². The van der Waals surface area contributed by atoms with E-state index in [0.717, 1.165) is 0 Å². The number of amides is 1. The van der Waals surface area contributed by atoms with Gasteiger partial charge in [-0.25, -0.2) is 4.98 Å².